The van der Waals surface area contributed by atoms with E-state index in [-0.39, 0.29) is 5.75 Å². The van der Waals surface area contributed by atoms with Gasteiger partial charge in [0.15, 0.2) is 5.17 Å². The van der Waals surface area contributed by atoms with Gasteiger partial charge in [-0.15, -0.1) is 0 Å². The highest BCUT2D eigenvalue weighted by Gasteiger charge is 2.20. The number of aliphatic carboxylic acids is 1. The van der Waals surface area contributed by atoms with Crippen molar-refractivity contribution in [1.29, 1.82) is 0 Å². The lowest BCUT2D eigenvalue weighted by atomic mass is 10.3. The number of quaternary nitrogens is 1. The number of thioether (sulfide) groups is 1. The van der Waals surface area contributed by atoms with Gasteiger partial charge in [-0.1, -0.05) is 30.0 Å². The molecule has 1 N–H and O–H groups in total. The number of rotatable bonds is 3. The zero-order chi connectivity index (χ0) is 14.4. The Kier molecular flexibility index (Phi) is 5.43. The van der Waals surface area contributed by atoms with Gasteiger partial charge in [0.2, 0.25) is 0 Å². The number of amidine groups is 1. The molecular weight excluding hydrogens is 274 g/mol. The Morgan fingerprint density at radius 2 is 2.00 bits per heavy atom. The summed E-state index contributed by atoms with van der Waals surface area (Å²) in [6.45, 7) is 3.88. The van der Waals surface area contributed by atoms with E-state index >= 15 is 0 Å². The number of likely N-dealkylation sites (N-methyl/N-ethyl adjacent to an activating group) is 1. The van der Waals surface area contributed by atoms with Crippen molar-refractivity contribution in [1.82, 2.24) is 4.90 Å². The van der Waals surface area contributed by atoms with Crippen molar-refractivity contribution in [2.45, 2.75) is 0 Å². The highest BCUT2D eigenvalue weighted by atomic mass is 32.2. The number of piperazine rings is 1. The predicted octanol–water partition coefficient (Wildman–Crippen LogP) is -1.01. The topological polar surface area (TPSA) is 60.2 Å². The van der Waals surface area contributed by atoms with Gasteiger partial charge in [0, 0.05) is 5.75 Å². The first-order chi connectivity index (χ1) is 9.65. The van der Waals surface area contributed by atoms with E-state index in [1.165, 1.54) is 16.7 Å². The van der Waals surface area contributed by atoms with Gasteiger partial charge in [0.05, 0.1) is 44.9 Å². The van der Waals surface area contributed by atoms with Crippen LogP contribution < -0.4 is 10.0 Å². The molecule has 1 saturated heterocycles. The fraction of sp³-hybridized carbons (Fsp3) is 0.429. The third-order valence-electron chi connectivity index (χ3n) is 3.19. The first-order valence-corrected chi connectivity index (χ1v) is 7.66. The number of carboxylic acid groups (broad SMARTS) is 1. The molecule has 0 aromatic heterocycles. The average Bonchev–Trinajstić information content (AvgIpc) is 2.45. The second kappa shape index (κ2) is 7.31. The maximum Gasteiger partial charge on any atom is 0.165 e. The molecule has 1 aromatic rings. The van der Waals surface area contributed by atoms with Gasteiger partial charge < -0.3 is 19.7 Å². The molecule has 2 rings (SSSR count). The number of aliphatic imine (C=N–C) groups is 1. The van der Waals surface area contributed by atoms with Crippen molar-refractivity contribution >= 4 is 28.6 Å². The van der Waals surface area contributed by atoms with Crippen LogP contribution in [0.15, 0.2) is 35.3 Å². The van der Waals surface area contributed by atoms with Crippen LogP contribution in [-0.4, -0.2) is 55.0 Å². The summed E-state index contributed by atoms with van der Waals surface area (Å²) in [4.78, 5) is 18.9. The summed E-state index contributed by atoms with van der Waals surface area (Å²) in [5.74, 6) is -1.12. The van der Waals surface area contributed by atoms with Crippen LogP contribution >= 0.6 is 11.8 Å². The molecule has 1 aliphatic heterocycles. The van der Waals surface area contributed by atoms with Gasteiger partial charge in [-0.3, -0.25) is 0 Å². The smallest absolute Gasteiger partial charge is 0.165 e. The Hall–Kier alpha value is -1.53. The number of carbonyl (C=O) groups is 1. The molecule has 0 amide bonds. The van der Waals surface area contributed by atoms with E-state index in [4.69, 9.17) is 0 Å². The van der Waals surface area contributed by atoms with Crippen LogP contribution in [0.5, 0.6) is 0 Å². The lowest BCUT2D eigenvalue weighted by Crippen LogP contribution is -3.12. The van der Waals surface area contributed by atoms with Crippen molar-refractivity contribution < 1.29 is 14.8 Å². The van der Waals surface area contributed by atoms with E-state index in [0.29, 0.717) is 0 Å². The van der Waals surface area contributed by atoms with Crippen molar-refractivity contribution in [2.75, 3.05) is 39.0 Å². The van der Waals surface area contributed by atoms with Crippen LogP contribution in [0.4, 0.5) is 5.69 Å². The molecule has 108 valence electrons. The Balaban J connectivity index is 2.11. The van der Waals surface area contributed by atoms with Crippen molar-refractivity contribution in [3.8, 4) is 0 Å². The second-order valence-electron chi connectivity index (χ2n) is 4.83. The quantitative estimate of drug-likeness (QED) is 0.573. The molecule has 0 radical (unpaired) electrons. The third-order valence-corrected chi connectivity index (χ3v) is 4.18. The average molecular weight is 293 g/mol. The maximum atomic E-state index is 10.7. The lowest BCUT2D eigenvalue weighted by Gasteiger charge is -2.32. The van der Waals surface area contributed by atoms with E-state index in [9.17, 15) is 9.90 Å². The monoisotopic (exact) mass is 293 g/mol. The molecule has 0 saturated carbocycles. The number of nitrogens with zero attached hydrogens (tertiary/aromatic N) is 2. The number of nitrogens with one attached hydrogen (secondary N) is 1. The molecule has 0 aliphatic carbocycles. The number of hydrogen-bond donors (Lipinski definition) is 1. The van der Waals surface area contributed by atoms with Gasteiger partial charge in [-0.05, 0) is 12.1 Å². The van der Waals surface area contributed by atoms with Gasteiger partial charge in [0.1, 0.15) is 0 Å². The third kappa shape index (κ3) is 4.54. The summed E-state index contributed by atoms with van der Waals surface area (Å²) in [5, 5.41) is 11.5. The minimum absolute atomic E-state index is 0.0646. The van der Waals surface area contributed by atoms with Crippen LogP contribution in [0.3, 0.4) is 0 Å². The molecular formula is C14H19N3O2S. The largest absolute Gasteiger partial charge is 0.549 e. The molecule has 0 bridgehead atoms. The number of hydrogen-bond acceptors (Lipinski definition) is 4. The first kappa shape index (κ1) is 14.9. The molecule has 6 heteroatoms. The summed E-state index contributed by atoms with van der Waals surface area (Å²) in [5.41, 5.74) is 0.847. The molecule has 20 heavy (non-hydrogen) atoms. The molecule has 5 nitrogen and oxygen atoms in total. The van der Waals surface area contributed by atoms with Gasteiger partial charge in [-0.2, -0.15) is 0 Å². The fourth-order valence-corrected chi connectivity index (χ4v) is 2.79. The fourth-order valence-electron chi connectivity index (χ4n) is 2.01. The molecule has 1 aliphatic rings. The minimum Gasteiger partial charge on any atom is -0.549 e. The van der Waals surface area contributed by atoms with Crippen LogP contribution in [-0.2, 0) is 4.79 Å². The normalized spacial score (nSPS) is 17.2. The summed E-state index contributed by atoms with van der Waals surface area (Å²) < 4.78 is 0. The number of carbonyl (C=O) groups excluding carboxylic acids is 1. The van der Waals surface area contributed by atoms with Crippen LogP contribution in [0.25, 0.3) is 0 Å². The van der Waals surface area contributed by atoms with E-state index in [2.05, 4.69) is 16.9 Å². The molecule has 0 spiro atoms. The molecule has 1 fully saturated rings. The number of benzene rings is 1. The summed E-state index contributed by atoms with van der Waals surface area (Å²) in [7, 11) is 2.17. The lowest BCUT2D eigenvalue weighted by molar-refractivity contribution is -0.883. The molecule has 1 heterocycles. The Bertz CT molecular complexity index is 471. The van der Waals surface area contributed by atoms with Gasteiger partial charge in [-0.25, -0.2) is 4.99 Å². The van der Waals surface area contributed by atoms with Crippen LogP contribution in [0, 0.1) is 0 Å². The molecule has 1 aromatic carbocycles. The van der Waals surface area contributed by atoms with E-state index in [1.54, 1.807) is 0 Å². The first-order valence-electron chi connectivity index (χ1n) is 6.68. The van der Waals surface area contributed by atoms with Crippen LogP contribution in [0.2, 0.25) is 0 Å². The van der Waals surface area contributed by atoms with Crippen LogP contribution in [0.1, 0.15) is 0 Å². The molecule has 0 unspecified atom stereocenters. The minimum atomic E-state index is -1.06. The van der Waals surface area contributed by atoms with Crippen molar-refractivity contribution in [3.63, 3.8) is 0 Å². The standard InChI is InChI=1S/C14H19N3O2S/c1-16-7-9-17(10-8-16)14(20-11-13(18)19)15-12-5-3-2-4-6-12/h2-6H,7-11H2,1H3,(H,18,19). The summed E-state index contributed by atoms with van der Waals surface area (Å²) in [6.07, 6.45) is 0. The van der Waals surface area contributed by atoms with Crippen molar-refractivity contribution in [3.05, 3.63) is 30.3 Å². The zero-order valence-corrected chi connectivity index (χ0v) is 12.4. The van der Waals surface area contributed by atoms with E-state index < -0.39 is 5.97 Å². The molecule has 0 atom stereocenters. The Morgan fingerprint density at radius 1 is 1.35 bits per heavy atom. The highest BCUT2D eigenvalue weighted by Crippen LogP contribution is 2.17. The summed E-state index contributed by atoms with van der Waals surface area (Å²) >= 11 is 1.24. The van der Waals surface area contributed by atoms with Gasteiger partial charge in [0.25, 0.3) is 0 Å². The Labute approximate surface area is 123 Å². The van der Waals surface area contributed by atoms with Gasteiger partial charge >= 0.3 is 0 Å². The summed E-state index contributed by atoms with van der Waals surface area (Å²) in [6, 6.07) is 9.62. The zero-order valence-electron chi connectivity index (χ0n) is 11.5. The maximum absolute atomic E-state index is 10.7. The predicted molar refractivity (Wildman–Crippen MR) is 79.2 cm³/mol. The highest BCUT2D eigenvalue weighted by molar-refractivity contribution is 8.14. The SMILES string of the molecule is C[NH+]1CCN(C(=Nc2ccccc2)SCC(=O)[O-])CC1. The van der Waals surface area contributed by atoms with Crippen molar-refractivity contribution in [2.24, 2.45) is 4.99 Å². The number of carboxylic acids is 1. The number of para-hydroxylation sites is 1. The Morgan fingerprint density at radius 3 is 2.60 bits per heavy atom. The van der Waals surface area contributed by atoms with E-state index in [0.717, 1.165) is 37.0 Å². The second-order valence-corrected chi connectivity index (χ2v) is 5.78. The van der Waals surface area contributed by atoms with E-state index in [1.807, 2.05) is 30.3 Å².